The van der Waals surface area contributed by atoms with Gasteiger partial charge in [0.2, 0.25) is 0 Å². The molecule has 0 saturated heterocycles. The van der Waals surface area contributed by atoms with Crippen LogP contribution in [0, 0.1) is 5.92 Å². The van der Waals surface area contributed by atoms with Gasteiger partial charge >= 0.3 is 0 Å². The minimum absolute atomic E-state index is 0.965. The van der Waals surface area contributed by atoms with E-state index in [0.717, 1.165) is 5.92 Å². The van der Waals surface area contributed by atoms with E-state index in [1.54, 1.807) is 0 Å². The SMILES string of the molecule is CCCCC/C=C/CCCCCCCCCCCC(C)CCCCC. The maximum absolute atomic E-state index is 2.45. The van der Waals surface area contributed by atoms with Crippen molar-refractivity contribution in [2.75, 3.05) is 0 Å². The third kappa shape index (κ3) is 21.7. The summed E-state index contributed by atoms with van der Waals surface area (Å²) in [7, 11) is 0. The highest BCUT2D eigenvalue weighted by Crippen LogP contribution is 2.18. The van der Waals surface area contributed by atoms with Crippen LogP contribution in [0.3, 0.4) is 0 Å². The van der Waals surface area contributed by atoms with Crippen LogP contribution < -0.4 is 0 Å². The van der Waals surface area contributed by atoms with Gasteiger partial charge in [0, 0.05) is 0 Å². The Bertz CT molecular complexity index is 253. The maximum atomic E-state index is 2.45. The van der Waals surface area contributed by atoms with E-state index in [1.165, 1.54) is 122 Å². The van der Waals surface area contributed by atoms with Gasteiger partial charge in [0.1, 0.15) is 0 Å². The van der Waals surface area contributed by atoms with Gasteiger partial charge in [0.15, 0.2) is 0 Å². The Kier molecular flexibility index (Phi) is 21.6. The summed E-state index contributed by atoms with van der Waals surface area (Å²) in [5.41, 5.74) is 0. The fourth-order valence-corrected chi connectivity index (χ4v) is 3.63. The van der Waals surface area contributed by atoms with Crippen LogP contribution in [-0.4, -0.2) is 0 Å². The second-order valence-corrected chi connectivity index (χ2v) is 8.33. The molecule has 1 atom stereocenters. The Morgan fingerprint density at radius 3 is 1.36 bits per heavy atom. The number of hydrogen-bond acceptors (Lipinski definition) is 0. The first kappa shape index (κ1) is 24.7. The van der Waals surface area contributed by atoms with E-state index in [0.29, 0.717) is 0 Å². The highest BCUT2D eigenvalue weighted by Gasteiger charge is 2.01. The zero-order valence-electron chi connectivity index (χ0n) is 18.2. The number of allylic oxidation sites excluding steroid dienone is 2. The van der Waals surface area contributed by atoms with E-state index in [1.807, 2.05) is 0 Å². The van der Waals surface area contributed by atoms with E-state index in [-0.39, 0.29) is 0 Å². The second-order valence-electron chi connectivity index (χ2n) is 8.33. The summed E-state index contributed by atoms with van der Waals surface area (Å²) in [5, 5.41) is 0. The lowest BCUT2D eigenvalue weighted by Gasteiger charge is -2.10. The molecule has 0 aliphatic rings. The smallest absolute Gasteiger partial charge is 0.0351 e. The van der Waals surface area contributed by atoms with Crippen molar-refractivity contribution in [3.63, 3.8) is 0 Å². The van der Waals surface area contributed by atoms with E-state index in [9.17, 15) is 0 Å². The molecule has 0 N–H and O–H groups in total. The van der Waals surface area contributed by atoms with Crippen molar-refractivity contribution in [3.05, 3.63) is 12.2 Å². The fraction of sp³-hybridized carbons (Fsp3) is 0.920. The van der Waals surface area contributed by atoms with E-state index >= 15 is 0 Å². The standard InChI is InChI=1S/C25H50/c1-4-6-8-9-10-11-12-13-14-15-16-17-18-19-20-22-24-25(3)23-21-7-5-2/h10-11,25H,4-9,12-24H2,1-3H3/b11-10+. The van der Waals surface area contributed by atoms with Gasteiger partial charge in [-0.1, -0.05) is 129 Å². The lowest BCUT2D eigenvalue weighted by molar-refractivity contribution is 0.435. The summed E-state index contributed by atoms with van der Waals surface area (Å²) in [4.78, 5) is 0. The predicted molar refractivity (Wildman–Crippen MR) is 117 cm³/mol. The van der Waals surface area contributed by atoms with Gasteiger partial charge in [-0.3, -0.25) is 0 Å². The molecule has 0 heterocycles. The first-order chi connectivity index (χ1) is 12.3. The van der Waals surface area contributed by atoms with Crippen molar-refractivity contribution < 1.29 is 0 Å². The van der Waals surface area contributed by atoms with Gasteiger partial charge in [0.05, 0.1) is 0 Å². The quantitative estimate of drug-likeness (QED) is 0.151. The van der Waals surface area contributed by atoms with Crippen LogP contribution >= 0.6 is 0 Å². The Morgan fingerprint density at radius 1 is 0.480 bits per heavy atom. The zero-order valence-corrected chi connectivity index (χ0v) is 18.2. The normalized spacial score (nSPS) is 12.9. The second kappa shape index (κ2) is 21.8. The molecule has 0 bridgehead atoms. The average molecular weight is 351 g/mol. The molecule has 0 aliphatic carbocycles. The highest BCUT2D eigenvalue weighted by molar-refractivity contribution is 4.81. The molecule has 1 unspecified atom stereocenters. The van der Waals surface area contributed by atoms with Crippen LogP contribution in [0.25, 0.3) is 0 Å². The Labute approximate surface area is 161 Å². The molecule has 150 valence electrons. The van der Waals surface area contributed by atoms with Gasteiger partial charge in [0.25, 0.3) is 0 Å². The van der Waals surface area contributed by atoms with Gasteiger partial charge in [-0.05, 0) is 31.6 Å². The van der Waals surface area contributed by atoms with E-state index < -0.39 is 0 Å². The third-order valence-corrected chi connectivity index (χ3v) is 5.51. The summed E-state index contributed by atoms with van der Waals surface area (Å²) >= 11 is 0. The molecule has 0 aliphatic heterocycles. The van der Waals surface area contributed by atoms with Gasteiger partial charge in [-0.25, -0.2) is 0 Å². The molecule has 25 heavy (non-hydrogen) atoms. The maximum Gasteiger partial charge on any atom is -0.0351 e. The van der Waals surface area contributed by atoms with Crippen LogP contribution in [-0.2, 0) is 0 Å². The molecule has 0 aromatic heterocycles. The van der Waals surface area contributed by atoms with Gasteiger partial charge in [-0.2, -0.15) is 0 Å². The van der Waals surface area contributed by atoms with Crippen molar-refractivity contribution in [2.45, 2.75) is 143 Å². The number of hydrogen-bond donors (Lipinski definition) is 0. The van der Waals surface area contributed by atoms with Crippen molar-refractivity contribution in [1.29, 1.82) is 0 Å². The summed E-state index contributed by atoms with van der Waals surface area (Å²) in [6, 6.07) is 0. The molecule has 0 aromatic rings. The van der Waals surface area contributed by atoms with Gasteiger partial charge < -0.3 is 0 Å². The summed E-state index contributed by atoms with van der Waals surface area (Å²) in [6.07, 6.45) is 31.8. The predicted octanol–water partition coefficient (Wildman–Crippen LogP) is 9.63. The molecule has 0 saturated carbocycles. The van der Waals surface area contributed by atoms with Crippen molar-refractivity contribution in [1.82, 2.24) is 0 Å². The molecular formula is C25H50. The fourth-order valence-electron chi connectivity index (χ4n) is 3.63. The summed E-state index contributed by atoms with van der Waals surface area (Å²) in [6.45, 7) is 7.03. The molecule has 0 spiro atoms. The molecule has 0 aromatic carbocycles. The lowest BCUT2D eigenvalue weighted by Crippen LogP contribution is -1.94. The van der Waals surface area contributed by atoms with Crippen molar-refractivity contribution >= 4 is 0 Å². The Hall–Kier alpha value is -0.260. The first-order valence-electron chi connectivity index (χ1n) is 12.0. The van der Waals surface area contributed by atoms with Crippen molar-refractivity contribution in [2.24, 2.45) is 5.92 Å². The Morgan fingerprint density at radius 2 is 0.840 bits per heavy atom. The van der Waals surface area contributed by atoms with Crippen LogP contribution in [0.5, 0.6) is 0 Å². The number of rotatable bonds is 20. The largest absolute Gasteiger partial charge is 0.0885 e. The molecule has 0 radical (unpaired) electrons. The Balaban J connectivity index is 3.11. The number of unbranched alkanes of at least 4 members (excludes halogenated alkanes) is 14. The third-order valence-electron chi connectivity index (χ3n) is 5.51. The van der Waals surface area contributed by atoms with Crippen LogP contribution in [0.15, 0.2) is 12.2 Å². The molecule has 0 nitrogen and oxygen atoms in total. The highest BCUT2D eigenvalue weighted by atomic mass is 14.1. The topological polar surface area (TPSA) is 0 Å². The minimum atomic E-state index is 0.965. The van der Waals surface area contributed by atoms with Crippen LogP contribution in [0.4, 0.5) is 0 Å². The monoisotopic (exact) mass is 350 g/mol. The molecule has 0 heteroatoms. The molecule has 0 rings (SSSR count). The van der Waals surface area contributed by atoms with Gasteiger partial charge in [-0.15, -0.1) is 0 Å². The molecule has 0 amide bonds. The van der Waals surface area contributed by atoms with Crippen LogP contribution in [0.1, 0.15) is 143 Å². The van der Waals surface area contributed by atoms with E-state index in [4.69, 9.17) is 0 Å². The lowest BCUT2D eigenvalue weighted by atomic mass is 9.96. The summed E-state index contributed by atoms with van der Waals surface area (Å²) < 4.78 is 0. The van der Waals surface area contributed by atoms with Crippen molar-refractivity contribution in [3.8, 4) is 0 Å². The molecule has 0 fully saturated rings. The van der Waals surface area contributed by atoms with E-state index in [2.05, 4.69) is 32.9 Å². The van der Waals surface area contributed by atoms with Crippen LogP contribution in [0.2, 0.25) is 0 Å². The first-order valence-corrected chi connectivity index (χ1v) is 12.0. The average Bonchev–Trinajstić information content (AvgIpc) is 2.61. The molecular weight excluding hydrogens is 300 g/mol. The zero-order chi connectivity index (χ0) is 18.4. The minimum Gasteiger partial charge on any atom is -0.0885 e. The summed E-state index contributed by atoms with van der Waals surface area (Å²) in [5.74, 6) is 0.965.